The minimum absolute atomic E-state index is 0.388. The summed E-state index contributed by atoms with van der Waals surface area (Å²) < 4.78 is 4.94. The van der Waals surface area contributed by atoms with E-state index >= 15 is 0 Å². The van der Waals surface area contributed by atoms with Gasteiger partial charge in [0, 0.05) is 5.57 Å². The molecule has 0 aliphatic heterocycles. The number of carboxylic acids is 1. The van der Waals surface area contributed by atoms with Crippen LogP contribution in [0.1, 0.15) is 6.92 Å². The Kier molecular flexibility index (Phi) is 7.01. The van der Waals surface area contributed by atoms with Gasteiger partial charge in [0.1, 0.15) is 17.4 Å². The van der Waals surface area contributed by atoms with Crippen molar-refractivity contribution in [3.63, 3.8) is 0 Å². The molecule has 19 heavy (non-hydrogen) atoms. The highest BCUT2D eigenvalue weighted by Crippen LogP contribution is 2.09. The van der Waals surface area contributed by atoms with Crippen molar-refractivity contribution in [3.8, 4) is 11.8 Å². The summed E-state index contributed by atoms with van der Waals surface area (Å²) in [4.78, 5) is 20.6. The predicted molar refractivity (Wildman–Crippen MR) is 69.3 cm³/mol. The van der Waals surface area contributed by atoms with E-state index in [1.807, 2.05) is 6.07 Å². The molecule has 0 aromatic heterocycles. The molecule has 0 bridgehead atoms. The molecule has 5 heteroatoms. The zero-order chi connectivity index (χ0) is 14.8. The topological polar surface area (TPSA) is 87.4 Å². The summed E-state index contributed by atoms with van der Waals surface area (Å²) in [6.45, 7) is 8.01. The zero-order valence-corrected chi connectivity index (χ0v) is 10.4. The summed E-state index contributed by atoms with van der Waals surface area (Å²) in [5, 5.41) is 15.6. The van der Waals surface area contributed by atoms with E-state index in [0.717, 1.165) is 0 Å². The lowest BCUT2D eigenvalue weighted by atomic mass is 10.3. The van der Waals surface area contributed by atoms with Crippen LogP contribution in [-0.2, 0) is 9.59 Å². The van der Waals surface area contributed by atoms with E-state index in [4.69, 9.17) is 15.1 Å². The lowest BCUT2D eigenvalue weighted by Crippen LogP contribution is -2.07. The van der Waals surface area contributed by atoms with Gasteiger partial charge >= 0.3 is 11.9 Å². The van der Waals surface area contributed by atoms with Crippen LogP contribution >= 0.6 is 0 Å². The second-order valence-corrected chi connectivity index (χ2v) is 3.38. The van der Waals surface area contributed by atoms with Gasteiger partial charge in [-0.1, -0.05) is 31.4 Å². The van der Waals surface area contributed by atoms with Gasteiger partial charge in [0.05, 0.1) is 0 Å². The highest BCUT2D eigenvalue weighted by molar-refractivity contribution is 5.90. The third-order valence-electron chi connectivity index (χ3n) is 1.70. The number of rotatable bonds is 3. The number of carbonyl (C=O) groups is 2. The first-order valence-corrected chi connectivity index (χ1v) is 5.13. The maximum absolute atomic E-state index is 11.0. The Morgan fingerprint density at radius 1 is 1.26 bits per heavy atom. The van der Waals surface area contributed by atoms with Crippen molar-refractivity contribution >= 4 is 11.9 Å². The van der Waals surface area contributed by atoms with E-state index in [9.17, 15) is 9.59 Å². The number of aliphatic carboxylic acids is 1. The zero-order valence-electron chi connectivity index (χ0n) is 10.4. The fourth-order valence-electron chi connectivity index (χ4n) is 0.731. The quantitative estimate of drug-likeness (QED) is 0.389. The van der Waals surface area contributed by atoms with Crippen LogP contribution in [0.3, 0.4) is 0 Å². The fraction of sp³-hybridized carbons (Fsp3) is 0.0714. The van der Waals surface area contributed by atoms with Gasteiger partial charge in [-0.2, -0.15) is 5.26 Å². The first-order valence-electron chi connectivity index (χ1n) is 5.13. The molecule has 0 saturated carbocycles. The number of hydrogen-bond donors (Lipinski definition) is 1. The molecule has 0 saturated heterocycles. The third-order valence-corrected chi connectivity index (χ3v) is 1.70. The van der Waals surface area contributed by atoms with Gasteiger partial charge < -0.3 is 9.84 Å². The van der Waals surface area contributed by atoms with Gasteiger partial charge in [0.2, 0.25) is 0 Å². The number of para-hydroxylation sites is 1. The Labute approximate surface area is 111 Å². The fourth-order valence-corrected chi connectivity index (χ4v) is 0.731. The maximum Gasteiger partial charge on any atom is 0.345 e. The molecule has 5 nitrogen and oxygen atoms in total. The highest BCUT2D eigenvalue weighted by Gasteiger charge is 2.03. The molecule has 0 fully saturated rings. The number of hydrogen-bond acceptors (Lipinski definition) is 4. The average molecular weight is 259 g/mol. The van der Waals surface area contributed by atoms with Crippen molar-refractivity contribution < 1.29 is 19.4 Å². The normalized spacial score (nSPS) is 8.21. The van der Waals surface area contributed by atoms with Crippen molar-refractivity contribution in [1.29, 1.82) is 5.26 Å². The lowest BCUT2D eigenvalue weighted by Gasteiger charge is -2.01. The molecule has 0 spiro atoms. The number of nitriles is 1. The second-order valence-electron chi connectivity index (χ2n) is 3.38. The van der Waals surface area contributed by atoms with Gasteiger partial charge in [-0.3, -0.25) is 0 Å². The van der Waals surface area contributed by atoms with E-state index in [0.29, 0.717) is 11.3 Å². The SMILES string of the molecule is C=C(C#N)C(=O)O.C=C(C)C(=O)Oc1ccccc1. The van der Waals surface area contributed by atoms with E-state index in [1.165, 1.54) is 6.07 Å². The van der Waals surface area contributed by atoms with Crippen LogP contribution in [0.2, 0.25) is 0 Å². The van der Waals surface area contributed by atoms with Gasteiger partial charge in [0.25, 0.3) is 0 Å². The molecule has 0 radical (unpaired) electrons. The smallest absolute Gasteiger partial charge is 0.345 e. The number of nitrogens with zero attached hydrogens (tertiary/aromatic N) is 1. The van der Waals surface area contributed by atoms with Crippen LogP contribution in [0.5, 0.6) is 5.75 Å². The highest BCUT2D eigenvalue weighted by atomic mass is 16.5. The Morgan fingerprint density at radius 3 is 2.11 bits per heavy atom. The van der Waals surface area contributed by atoms with Crippen LogP contribution in [0, 0.1) is 11.3 Å². The van der Waals surface area contributed by atoms with Crippen LogP contribution in [0.4, 0.5) is 0 Å². The molecule has 1 aromatic rings. The van der Waals surface area contributed by atoms with Crippen molar-refractivity contribution in [1.82, 2.24) is 0 Å². The van der Waals surface area contributed by atoms with E-state index in [2.05, 4.69) is 13.2 Å². The van der Waals surface area contributed by atoms with Crippen molar-refractivity contribution in [2.45, 2.75) is 6.92 Å². The van der Waals surface area contributed by atoms with Crippen LogP contribution in [-0.4, -0.2) is 17.0 Å². The third kappa shape index (κ3) is 7.13. The van der Waals surface area contributed by atoms with Crippen molar-refractivity contribution in [3.05, 3.63) is 54.6 Å². The molecule has 1 rings (SSSR count). The molecule has 0 heterocycles. The molecule has 98 valence electrons. The van der Waals surface area contributed by atoms with E-state index in [-0.39, 0.29) is 5.97 Å². The number of esters is 1. The summed E-state index contributed by atoms with van der Waals surface area (Å²) in [6.07, 6.45) is 0. The predicted octanol–water partition coefficient (Wildman–Crippen LogP) is 2.32. The molecule has 0 amide bonds. The number of ether oxygens (including phenoxy) is 1. The molecular weight excluding hydrogens is 246 g/mol. The molecule has 1 aromatic carbocycles. The second kappa shape index (κ2) is 8.25. The van der Waals surface area contributed by atoms with Gasteiger partial charge in [-0.05, 0) is 19.1 Å². The Morgan fingerprint density at radius 2 is 1.79 bits per heavy atom. The number of carboxylic acid groups (broad SMARTS) is 1. The van der Waals surface area contributed by atoms with Gasteiger partial charge in [0.15, 0.2) is 0 Å². The Balaban J connectivity index is 0.000000399. The molecule has 0 aliphatic carbocycles. The first-order chi connectivity index (χ1) is 8.88. The van der Waals surface area contributed by atoms with Crippen molar-refractivity contribution in [2.75, 3.05) is 0 Å². The number of benzene rings is 1. The lowest BCUT2D eigenvalue weighted by molar-refractivity contribution is -0.132. The maximum atomic E-state index is 11.0. The Hall–Kier alpha value is -2.87. The standard InChI is InChI=1S/C10H10O2.C4H3NO2/c1-8(2)10(11)12-9-6-4-3-5-7-9;1-3(2-5)4(6)7/h3-7H,1H2,2H3;1H2,(H,6,7). The molecule has 1 N–H and O–H groups in total. The summed E-state index contributed by atoms with van der Waals surface area (Å²) in [5.41, 5.74) is -0.0288. The summed E-state index contributed by atoms with van der Waals surface area (Å²) in [5.74, 6) is -1.10. The van der Waals surface area contributed by atoms with Crippen LogP contribution < -0.4 is 4.74 Å². The minimum Gasteiger partial charge on any atom is -0.477 e. The summed E-state index contributed by atoms with van der Waals surface area (Å²) in [6, 6.07) is 10.3. The van der Waals surface area contributed by atoms with Crippen LogP contribution in [0.25, 0.3) is 0 Å². The molecule has 0 atom stereocenters. The van der Waals surface area contributed by atoms with Crippen molar-refractivity contribution in [2.24, 2.45) is 0 Å². The number of carbonyl (C=O) groups excluding carboxylic acids is 1. The summed E-state index contributed by atoms with van der Waals surface area (Å²) >= 11 is 0. The average Bonchev–Trinajstić information content (AvgIpc) is 2.39. The first kappa shape index (κ1) is 16.1. The van der Waals surface area contributed by atoms with E-state index < -0.39 is 11.5 Å². The summed E-state index contributed by atoms with van der Waals surface area (Å²) in [7, 11) is 0. The minimum atomic E-state index is -1.26. The largest absolute Gasteiger partial charge is 0.477 e. The van der Waals surface area contributed by atoms with Gasteiger partial charge in [-0.25, -0.2) is 9.59 Å². The monoisotopic (exact) mass is 259 g/mol. The molecule has 0 unspecified atom stereocenters. The van der Waals surface area contributed by atoms with Gasteiger partial charge in [-0.15, -0.1) is 0 Å². The Bertz CT molecular complexity index is 526. The van der Waals surface area contributed by atoms with E-state index in [1.54, 1.807) is 31.2 Å². The molecular formula is C14H13NO4. The molecule has 0 aliphatic rings. The van der Waals surface area contributed by atoms with Crippen LogP contribution in [0.15, 0.2) is 54.6 Å².